The standard InChI is InChI=1S/C12H8Cl2O6S/c13-5-1-11(9(17)3-7(5)15)21(19,20)12-2-6(14)8(16)4-10(12)18/h1-4,15-18H. The molecule has 0 amide bonds. The van der Waals surface area contributed by atoms with Gasteiger partial charge in [-0.2, -0.15) is 0 Å². The van der Waals surface area contributed by atoms with Crippen molar-refractivity contribution in [3.05, 3.63) is 34.3 Å². The Kier molecular flexibility index (Phi) is 3.83. The fraction of sp³-hybridized carbons (Fsp3) is 0. The van der Waals surface area contributed by atoms with E-state index in [9.17, 15) is 28.8 Å². The molecule has 2 rings (SSSR count). The molecular formula is C12H8Cl2O6S. The van der Waals surface area contributed by atoms with E-state index in [1.54, 1.807) is 0 Å². The van der Waals surface area contributed by atoms with Gasteiger partial charge in [-0.05, 0) is 12.1 Å². The van der Waals surface area contributed by atoms with Crippen molar-refractivity contribution in [3.8, 4) is 23.0 Å². The van der Waals surface area contributed by atoms with Crippen molar-refractivity contribution >= 4 is 33.0 Å². The molecule has 0 fully saturated rings. The Morgan fingerprint density at radius 1 is 0.667 bits per heavy atom. The van der Waals surface area contributed by atoms with Gasteiger partial charge in [0.15, 0.2) is 0 Å². The fourth-order valence-corrected chi connectivity index (χ4v) is 3.52. The molecule has 0 radical (unpaired) electrons. The van der Waals surface area contributed by atoms with Gasteiger partial charge < -0.3 is 20.4 Å². The van der Waals surface area contributed by atoms with Crippen molar-refractivity contribution in [2.24, 2.45) is 0 Å². The number of aromatic hydroxyl groups is 4. The summed E-state index contributed by atoms with van der Waals surface area (Å²) in [6.45, 7) is 0. The minimum atomic E-state index is -4.37. The van der Waals surface area contributed by atoms with Gasteiger partial charge in [0.05, 0.1) is 10.0 Å². The van der Waals surface area contributed by atoms with Gasteiger partial charge in [-0.1, -0.05) is 23.2 Å². The Bertz CT molecular complexity index is 769. The summed E-state index contributed by atoms with van der Waals surface area (Å²) in [6.07, 6.45) is 0. The zero-order chi connectivity index (χ0) is 15.9. The summed E-state index contributed by atoms with van der Waals surface area (Å²) in [6, 6.07) is 3.19. The average molecular weight is 351 g/mol. The SMILES string of the molecule is O=S(=O)(c1cc(Cl)c(O)cc1O)c1cc(Cl)c(O)cc1O. The first-order valence-electron chi connectivity index (χ1n) is 5.32. The Labute approximate surface area is 129 Å². The van der Waals surface area contributed by atoms with Crippen molar-refractivity contribution < 1.29 is 28.8 Å². The maximum absolute atomic E-state index is 12.4. The van der Waals surface area contributed by atoms with Crippen LogP contribution in [0.1, 0.15) is 0 Å². The molecule has 6 nitrogen and oxygen atoms in total. The molecule has 2 aromatic carbocycles. The van der Waals surface area contributed by atoms with Gasteiger partial charge >= 0.3 is 0 Å². The zero-order valence-electron chi connectivity index (χ0n) is 10.1. The summed E-state index contributed by atoms with van der Waals surface area (Å²) in [5.41, 5.74) is 0. The van der Waals surface area contributed by atoms with E-state index in [1.807, 2.05) is 0 Å². The minimum Gasteiger partial charge on any atom is -0.506 e. The molecule has 21 heavy (non-hydrogen) atoms. The normalized spacial score (nSPS) is 11.5. The van der Waals surface area contributed by atoms with Crippen LogP contribution in [0.4, 0.5) is 0 Å². The molecule has 0 heterocycles. The lowest BCUT2D eigenvalue weighted by Crippen LogP contribution is -2.03. The third kappa shape index (κ3) is 2.67. The topological polar surface area (TPSA) is 115 Å². The fourth-order valence-electron chi connectivity index (χ4n) is 1.61. The predicted molar refractivity (Wildman–Crippen MR) is 75.0 cm³/mol. The van der Waals surface area contributed by atoms with Crippen LogP contribution >= 0.6 is 23.2 Å². The third-order valence-corrected chi connectivity index (χ3v) is 5.05. The van der Waals surface area contributed by atoms with Gasteiger partial charge in [-0.15, -0.1) is 0 Å². The predicted octanol–water partition coefficient (Wildman–Crippen LogP) is 2.65. The number of benzene rings is 2. The maximum atomic E-state index is 12.4. The quantitative estimate of drug-likeness (QED) is 0.661. The zero-order valence-corrected chi connectivity index (χ0v) is 12.4. The van der Waals surface area contributed by atoms with Crippen molar-refractivity contribution in [2.75, 3.05) is 0 Å². The molecule has 0 saturated heterocycles. The third-order valence-electron chi connectivity index (χ3n) is 2.64. The molecule has 0 aliphatic carbocycles. The molecule has 0 saturated carbocycles. The maximum Gasteiger partial charge on any atom is 0.214 e. The van der Waals surface area contributed by atoms with E-state index in [1.165, 1.54) is 0 Å². The van der Waals surface area contributed by atoms with Crippen LogP contribution in [0.3, 0.4) is 0 Å². The van der Waals surface area contributed by atoms with Gasteiger partial charge in [-0.3, -0.25) is 0 Å². The van der Waals surface area contributed by atoms with Gasteiger partial charge in [0.1, 0.15) is 32.8 Å². The van der Waals surface area contributed by atoms with Crippen molar-refractivity contribution in [1.82, 2.24) is 0 Å². The highest BCUT2D eigenvalue weighted by Gasteiger charge is 2.27. The highest BCUT2D eigenvalue weighted by atomic mass is 35.5. The number of hydrogen-bond donors (Lipinski definition) is 4. The first-order chi connectivity index (χ1) is 9.64. The summed E-state index contributed by atoms with van der Waals surface area (Å²) in [7, 11) is -4.37. The second kappa shape index (κ2) is 5.18. The highest BCUT2D eigenvalue weighted by molar-refractivity contribution is 7.91. The molecule has 9 heteroatoms. The Morgan fingerprint density at radius 2 is 1.00 bits per heavy atom. The number of phenols is 4. The highest BCUT2D eigenvalue weighted by Crippen LogP contribution is 2.41. The molecule has 0 aromatic heterocycles. The summed E-state index contributed by atoms with van der Waals surface area (Å²) >= 11 is 11.2. The minimum absolute atomic E-state index is 0.296. The van der Waals surface area contributed by atoms with Gasteiger partial charge in [-0.25, -0.2) is 8.42 Å². The second-order valence-electron chi connectivity index (χ2n) is 4.05. The van der Waals surface area contributed by atoms with Gasteiger partial charge in [0.2, 0.25) is 9.84 Å². The van der Waals surface area contributed by atoms with E-state index in [-0.39, 0.29) is 10.0 Å². The first-order valence-corrected chi connectivity index (χ1v) is 7.56. The summed E-state index contributed by atoms with van der Waals surface area (Å²) in [5.74, 6) is -2.50. The molecule has 0 aliphatic rings. The molecule has 0 spiro atoms. The van der Waals surface area contributed by atoms with Crippen LogP contribution in [0.25, 0.3) is 0 Å². The monoisotopic (exact) mass is 350 g/mol. The lowest BCUT2D eigenvalue weighted by molar-refractivity contribution is 0.436. The molecule has 2 aromatic rings. The molecule has 0 bridgehead atoms. The Morgan fingerprint density at radius 3 is 1.33 bits per heavy atom. The largest absolute Gasteiger partial charge is 0.506 e. The number of rotatable bonds is 2. The van der Waals surface area contributed by atoms with Crippen LogP contribution < -0.4 is 0 Å². The summed E-state index contributed by atoms with van der Waals surface area (Å²) in [4.78, 5) is -1.25. The van der Waals surface area contributed by atoms with E-state index < -0.39 is 42.6 Å². The lowest BCUT2D eigenvalue weighted by atomic mass is 10.3. The molecule has 0 atom stereocenters. The lowest BCUT2D eigenvalue weighted by Gasteiger charge is -2.10. The second-order valence-corrected chi connectivity index (χ2v) is 6.75. The summed E-state index contributed by atoms with van der Waals surface area (Å²) < 4.78 is 24.8. The number of phenolic OH excluding ortho intramolecular Hbond substituents is 4. The first kappa shape index (κ1) is 15.6. The average Bonchev–Trinajstić information content (AvgIpc) is 2.37. The van der Waals surface area contributed by atoms with Crippen molar-refractivity contribution in [1.29, 1.82) is 0 Å². The Hall–Kier alpha value is -1.83. The number of hydrogen-bond acceptors (Lipinski definition) is 6. The van der Waals surface area contributed by atoms with Crippen molar-refractivity contribution in [2.45, 2.75) is 9.79 Å². The van der Waals surface area contributed by atoms with E-state index in [0.717, 1.165) is 24.3 Å². The van der Waals surface area contributed by atoms with E-state index >= 15 is 0 Å². The van der Waals surface area contributed by atoms with Crippen LogP contribution in [0.2, 0.25) is 10.0 Å². The van der Waals surface area contributed by atoms with Crippen LogP contribution in [-0.2, 0) is 9.84 Å². The molecule has 0 aliphatic heterocycles. The molecule has 112 valence electrons. The van der Waals surface area contributed by atoms with E-state index in [0.29, 0.717) is 0 Å². The Balaban J connectivity index is 2.74. The van der Waals surface area contributed by atoms with Crippen molar-refractivity contribution in [3.63, 3.8) is 0 Å². The molecule has 4 N–H and O–H groups in total. The van der Waals surface area contributed by atoms with Crippen LogP contribution in [0.5, 0.6) is 23.0 Å². The van der Waals surface area contributed by atoms with Gasteiger partial charge in [0.25, 0.3) is 0 Å². The number of halogens is 2. The van der Waals surface area contributed by atoms with Crippen LogP contribution in [0, 0.1) is 0 Å². The van der Waals surface area contributed by atoms with Crippen LogP contribution in [0.15, 0.2) is 34.1 Å². The van der Waals surface area contributed by atoms with E-state index in [4.69, 9.17) is 23.2 Å². The van der Waals surface area contributed by atoms with E-state index in [2.05, 4.69) is 0 Å². The molecular weight excluding hydrogens is 343 g/mol. The molecule has 0 unspecified atom stereocenters. The van der Waals surface area contributed by atoms with Crippen LogP contribution in [-0.4, -0.2) is 28.8 Å². The number of sulfone groups is 1. The summed E-state index contributed by atoms with van der Waals surface area (Å²) in [5, 5.41) is 37.4. The smallest absolute Gasteiger partial charge is 0.214 e. The van der Waals surface area contributed by atoms with Gasteiger partial charge in [0, 0.05) is 12.1 Å².